The Hall–Kier alpha value is -2.48. The first-order valence-corrected chi connectivity index (χ1v) is 7.78. The van der Waals surface area contributed by atoms with Gasteiger partial charge in [0.1, 0.15) is 11.5 Å². The SMILES string of the molecule is COc1cc(C=C(C)c2ccccc2)cc(O)c1CC=C(C)C. The van der Waals surface area contributed by atoms with Crippen molar-refractivity contribution in [2.75, 3.05) is 7.11 Å². The van der Waals surface area contributed by atoms with Gasteiger partial charge in [0.05, 0.1) is 7.11 Å². The molecule has 2 heteroatoms. The van der Waals surface area contributed by atoms with E-state index in [1.807, 2.05) is 38.1 Å². The third-order valence-corrected chi connectivity index (χ3v) is 3.75. The van der Waals surface area contributed by atoms with E-state index >= 15 is 0 Å². The van der Waals surface area contributed by atoms with E-state index in [2.05, 4.69) is 31.2 Å². The molecule has 0 aliphatic rings. The molecular formula is C21H24O2. The van der Waals surface area contributed by atoms with Gasteiger partial charge in [0.25, 0.3) is 0 Å². The average molecular weight is 308 g/mol. The molecule has 2 nitrogen and oxygen atoms in total. The summed E-state index contributed by atoms with van der Waals surface area (Å²) in [6, 6.07) is 14.0. The molecule has 2 rings (SSSR count). The molecule has 2 aromatic rings. The summed E-state index contributed by atoms with van der Waals surface area (Å²) in [5.41, 5.74) is 5.28. The molecular weight excluding hydrogens is 284 g/mol. The van der Waals surface area contributed by atoms with Crippen molar-refractivity contribution in [3.05, 3.63) is 70.8 Å². The van der Waals surface area contributed by atoms with Crippen LogP contribution in [-0.2, 0) is 6.42 Å². The first kappa shape index (κ1) is 16.9. The van der Waals surface area contributed by atoms with Gasteiger partial charge >= 0.3 is 0 Å². The minimum absolute atomic E-state index is 0.272. The predicted molar refractivity (Wildman–Crippen MR) is 97.8 cm³/mol. The standard InChI is InChI=1S/C21H24O2/c1-15(2)10-11-19-20(22)13-17(14-21(19)23-4)12-16(3)18-8-6-5-7-9-18/h5-10,12-14,22H,11H2,1-4H3. The Bertz CT molecular complexity index is 721. The van der Waals surface area contributed by atoms with Gasteiger partial charge in [0, 0.05) is 5.56 Å². The van der Waals surface area contributed by atoms with Crippen LogP contribution in [0.3, 0.4) is 0 Å². The summed E-state index contributed by atoms with van der Waals surface area (Å²) < 4.78 is 5.47. The highest BCUT2D eigenvalue weighted by atomic mass is 16.5. The number of methoxy groups -OCH3 is 1. The molecule has 0 aliphatic carbocycles. The van der Waals surface area contributed by atoms with Crippen molar-refractivity contribution < 1.29 is 9.84 Å². The molecule has 0 aromatic heterocycles. The number of phenols is 1. The summed E-state index contributed by atoms with van der Waals surface area (Å²) in [7, 11) is 1.64. The summed E-state index contributed by atoms with van der Waals surface area (Å²) in [5.74, 6) is 0.989. The zero-order valence-corrected chi connectivity index (χ0v) is 14.3. The molecule has 0 aliphatic heterocycles. The largest absolute Gasteiger partial charge is 0.507 e. The van der Waals surface area contributed by atoms with Gasteiger partial charge in [0.2, 0.25) is 0 Å². The number of hydrogen-bond donors (Lipinski definition) is 1. The van der Waals surface area contributed by atoms with Gasteiger partial charge in [-0.1, -0.05) is 48.1 Å². The van der Waals surface area contributed by atoms with Crippen LogP contribution in [0.25, 0.3) is 11.6 Å². The number of ether oxygens (including phenoxy) is 1. The molecule has 0 heterocycles. The van der Waals surface area contributed by atoms with E-state index in [0.717, 1.165) is 22.4 Å². The molecule has 0 saturated heterocycles. The molecule has 1 N–H and O–H groups in total. The van der Waals surface area contributed by atoms with Gasteiger partial charge in [-0.05, 0) is 56.0 Å². The zero-order valence-electron chi connectivity index (χ0n) is 14.3. The minimum Gasteiger partial charge on any atom is -0.507 e. The van der Waals surface area contributed by atoms with Crippen molar-refractivity contribution in [2.45, 2.75) is 27.2 Å². The second kappa shape index (κ2) is 7.68. The maximum atomic E-state index is 10.4. The van der Waals surface area contributed by atoms with Crippen LogP contribution in [0.5, 0.6) is 11.5 Å². The van der Waals surface area contributed by atoms with Crippen LogP contribution in [0.15, 0.2) is 54.1 Å². The van der Waals surface area contributed by atoms with Crippen LogP contribution >= 0.6 is 0 Å². The molecule has 0 saturated carbocycles. The molecule has 23 heavy (non-hydrogen) atoms. The fourth-order valence-corrected chi connectivity index (χ4v) is 2.46. The van der Waals surface area contributed by atoms with E-state index < -0.39 is 0 Å². The summed E-state index contributed by atoms with van der Waals surface area (Å²) in [6.45, 7) is 6.16. The maximum Gasteiger partial charge on any atom is 0.126 e. The van der Waals surface area contributed by atoms with Gasteiger partial charge < -0.3 is 9.84 Å². The van der Waals surface area contributed by atoms with E-state index in [9.17, 15) is 5.11 Å². The molecule has 0 unspecified atom stereocenters. The second-order valence-electron chi connectivity index (χ2n) is 5.90. The molecule has 0 spiro atoms. The predicted octanol–water partition coefficient (Wildman–Crippen LogP) is 5.47. The molecule has 2 aromatic carbocycles. The minimum atomic E-state index is 0.272. The van der Waals surface area contributed by atoms with Gasteiger partial charge in [0.15, 0.2) is 0 Å². The smallest absolute Gasteiger partial charge is 0.126 e. The van der Waals surface area contributed by atoms with E-state index in [1.54, 1.807) is 13.2 Å². The number of phenolic OH excluding ortho intramolecular Hbond substituents is 1. The van der Waals surface area contributed by atoms with Crippen molar-refractivity contribution in [1.29, 1.82) is 0 Å². The lowest BCUT2D eigenvalue weighted by Gasteiger charge is -2.11. The fraction of sp³-hybridized carbons (Fsp3) is 0.238. The van der Waals surface area contributed by atoms with Gasteiger partial charge in [-0.25, -0.2) is 0 Å². The first-order valence-electron chi connectivity index (χ1n) is 7.78. The number of benzene rings is 2. The third kappa shape index (κ3) is 4.49. The van der Waals surface area contributed by atoms with Crippen molar-refractivity contribution in [2.24, 2.45) is 0 Å². The Kier molecular flexibility index (Phi) is 5.64. The highest BCUT2D eigenvalue weighted by Gasteiger charge is 2.10. The summed E-state index contributed by atoms with van der Waals surface area (Å²) in [5, 5.41) is 10.4. The number of rotatable bonds is 5. The summed E-state index contributed by atoms with van der Waals surface area (Å²) in [4.78, 5) is 0. The first-order chi connectivity index (χ1) is 11.0. The van der Waals surface area contributed by atoms with Crippen molar-refractivity contribution in [3.63, 3.8) is 0 Å². The Morgan fingerprint density at radius 1 is 1.09 bits per heavy atom. The molecule has 0 fully saturated rings. The fourth-order valence-electron chi connectivity index (χ4n) is 2.46. The topological polar surface area (TPSA) is 29.5 Å². The molecule has 0 bridgehead atoms. The monoisotopic (exact) mass is 308 g/mol. The van der Waals surface area contributed by atoms with Crippen molar-refractivity contribution in [3.8, 4) is 11.5 Å². The molecule has 120 valence electrons. The van der Waals surface area contributed by atoms with Crippen LogP contribution in [0.1, 0.15) is 37.5 Å². The van der Waals surface area contributed by atoms with Gasteiger partial charge in [-0.2, -0.15) is 0 Å². The summed E-state index contributed by atoms with van der Waals surface area (Å²) >= 11 is 0. The van der Waals surface area contributed by atoms with E-state index in [1.165, 1.54) is 11.1 Å². The highest BCUT2D eigenvalue weighted by Crippen LogP contribution is 2.32. The number of allylic oxidation sites excluding steroid dienone is 3. The van der Waals surface area contributed by atoms with E-state index in [4.69, 9.17) is 4.74 Å². The van der Waals surface area contributed by atoms with Crippen LogP contribution in [0.2, 0.25) is 0 Å². The van der Waals surface area contributed by atoms with Crippen LogP contribution in [0.4, 0.5) is 0 Å². The normalized spacial score (nSPS) is 11.2. The lowest BCUT2D eigenvalue weighted by atomic mass is 10.0. The van der Waals surface area contributed by atoms with E-state index in [0.29, 0.717) is 6.42 Å². The van der Waals surface area contributed by atoms with Crippen molar-refractivity contribution >= 4 is 11.6 Å². The zero-order chi connectivity index (χ0) is 16.8. The Morgan fingerprint density at radius 3 is 2.39 bits per heavy atom. The highest BCUT2D eigenvalue weighted by molar-refractivity contribution is 5.81. The lowest BCUT2D eigenvalue weighted by molar-refractivity contribution is 0.401. The third-order valence-electron chi connectivity index (χ3n) is 3.75. The second-order valence-corrected chi connectivity index (χ2v) is 5.90. The van der Waals surface area contributed by atoms with Gasteiger partial charge in [-0.15, -0.1) is 0 Å². The molecule has 0 amide bonds. The molecule has 0 atom stereocenters. The van der Waals surface area contributed by atoms with Crippen LogP contribution in [0, 0.1) is 0 Å². The van der Waals surface area contributed by atoms with Crippen LogP contribution in [-0.4, -0.2) is 12.2 Å². The molecule has 0 radical (unpaired) electrons. The Labute approximate surface area is 138 Å². The number of aromatic hydroxyl groups is 1. The Balaban J connectivity index is 2.38. The maximum absolute atomic E-state index is 10.4. The number of hydrogen-bond acceptors (Lipinski definition) is 2. The Morgan fingerprint density at radius 2 is 1.78 bits per heavy atom. The van der Waals surface area contributed by atoms with E-state index in [-0.39, 0.29) is 5.75 Å². The quantitative estimate of drug-likeness (QED) is 0.586. The van der Waals surface area contributed by atoms with Gasteiger partial charge in [-0.3, -0.25) is 0 Å². The van der Waals surface area contributed by atoms with Crippen molar-refractivity contribution in [1.82, 2.24) is 0 Å². The van der Waals surface area contributed by atoms with Crippen LogP contribution < -0.4 is 4.74 Å². The lowest BCUT2D eigenvalue weighted by Crippen LogP contribution is -1.93. The average Bonchev–Trinajstić information content (AvgIpc) is 2.54. The summed E-state index contributed by atoms with van der Waals surface area (Å²) in [6.07, 6.45) is 4.81.